The molecule has 1 saturated heterocycles. The smallest absolute Gasteiger partial charge is 0.119 e. The third kappa shape index (κ3) is 5.97. The average Bonchev–Trinajstić information content (AvgIpc) is 2.70. The van der Waals surface area contributed by atoms with Crippen molar-refractivity contribution in [2.24, 2.45) is 0 Å². The Balaban J connectivity index is 1.41. The van der Waals surface area contributed by atoms with Gasteiger partial charge in [-0.2, -0.15) is 0 Å². The Morgan fingerprint density at radius 3 is 2.10 bits per heavy atom. The van der Waals surface area contributed by atoms with Gasteiger partial charge in [0.1, 0.15) is 11.5 Å². The van der Waals surface area contributed by atoms with Crippen LogP contribution in [0.3, 0.4) is 0 Å². The van der Waals surface area contributed by atoms with Crippen LogP contribution in [0.1, 0.15) is 58.1 Å². The highest BCUT2D eigenvalue weighted by Gasteiger charge is 2.46. The first-order chi connectivity index (χ1) is 14.2. The molecule has 5 heteroatoms. The van der Waals surface area contributed by atoms with Crippen LogP contribution in [0.4, 0.5) is 0 Å². The summed E-state index contributed by atoms with van der Waals surface area (Å²) < 4.78 is 12.0. The Morgan fingerprint density at radius 2 is 1.50 bits per heavy atom. The summed E-state index contributed by atoms with van der Waals surface area (Å²) in [5.41, 5.74) is 1.47. The van der Waals surface area contributed by atoms with Gasteiger partial charge >= 0.3 is 0 Å². The Kier molecular flexibility index (Phi) is 7.06. The van der Waals surface area contributed by atoms with Crippen LogP contribution in [0.15, 0.2) is 48.5 Å². The van der Waals surface area contributed by atoms with E-state index in [9.17, 15) is 10.3 Å². The molecule has 1 radical (unpaired) electrons. The van der Waals surface area contributed by atoms with Crippen molar-refractivity contribution in [2.45, 2.75) is 77.2 Å². The van der Waals surface area contributed by atoms with E-state index in [-0.39, 0.29) is 6.10 Å². The maximum absolute atomic E-state index is 12.5. The Morgan fingerprint density at radius 1 is 0.933 bits per heavy atom. The van der Waals surface area contributed by atoms with Crippen LogP contribution >= 0.6 is 0 Å². The van der Waals surface area contributed by atoms with E-state index in [4.69, 9.17) is 9.47 Å². The van der Waals surface area contributed by atoms with E-state index in [1.807, 2.05) is 64.1 Å². The zero-order valence-electron chi connectivity index (χ0n) is 18.6. The molecule has 2 aromatic carbocycles. The van der Waals surface area contributed by atoms with Gasteiger partial charge in [-0.3, -0.25) is 0 Å². The standard InChI is InChI=1S/C25H34NO4/c1-24(2)16-23(17-25(3,4)26(24)28)30-18-20-9-13-22(14-10-20)29-15-5-6-19-7-11-21(27)12-8-19/h7-14,23,27H,5-6,15-18H2,1-4H3. The molecule has 1 heterocycles. The molecule has 1 N–H and O–H groups in total. The van der Waals surface area contributed by atoms with Gasteiger partial charge in [-0.1, -0.05) is 24.3 Å². The van der Waals surface area contributed by atoms with Crippen molar-refractivity contribution in [3.8, 4) is 11.5 Å². The summed E-state index contributed by atoms with van der Waals surface area (Å²) in [6.07, 6.45) is 3.39. The monoisotopic (exact) mass is 412 g/mol. The predicted molar refractivity (Wildman–Crippen MR) is 117 cm³/mol. The number of benzene rings is 2. The minimum absolute atomic E-state index is 0.0797. The van der Waals surface area contributed by atoms with Crippen molar-refractivity contribution in [2.75, 3.05) is 6.61 Å². The van der Waals surface area contributed by atoms with Gasteiger partial charge in [0.25, 0.3) is 0 Å². The first-order valence-corrected chi connectivity index (χ1v) is 10.7. The fraction of sp³-hybridized carbons (Fsp3) is 0.520. The van der Waals surface area contributed by atoms with Crippen molar-refractivity contribution in [3.63, 3.8) is 0 Å². The third-order valence-corrected chi connectivity index (χ3v) is 5.78. The minimum atomic E-state index is -0.412. The lowest BCUT2D eigenvalue weighted by atomic mass is 9.80. The van der Waals surface area contributed by atoms with Gasteiger partial charge in [0, 0.05) is 11.1 Å². The van der Waals surface area contributed by atoms with Crippen LogP contribution < -0.4 is 4.74 Å². The van der Waals surface area contributed by atoms with E-state index in [0.717, 1.165) is 37.0 Å². The molecule has 1 aliphatic rings. The molecule has 0 amide bonds. The van der Waals surface area contributed by atoms with E-state index in [2.05, 4.69) is 0 Å². The zero-order chi connectivity index (χ0) is 21.8. The van der Waals surface area contributed by atoms with Crippen molar-refractivity contribution >= 4 is 0 Å². The summed E-state index contributed by atoms with van der Waals surface area (Å²) >= 11 is 0. The fourth-order valence-corrected chi connectivity index (χ4v) is 4.31. The summed E-state index contributed by atoms with van der Waals surface area (Å²) in [6.45, 7) is 9.15. The average molecular weight is 413 g/mol. The third-order valence-electron chi connectivity index (χ3n) is 5.78. The molecule has 163 valence electrons. The number of hydrogen-bond acceptors (Lipinski definition) is 4. The summed E-state index contributed by atoms with van der Waals surface area (Å²) in [6, 6.07) is 15.3. The first kappa shape index (κ1) is 22.6. The second-order valence-corrected chi connectivity index (χ2v) is 9.52. The fourth-order valence-electron chi connectivity index (χ4n) is 4.31. The second kappa shape index (κ2) is 9.38. The van der Waals surface area contributed by atoms with Crippen molar-refractivity contribution in [1.29, 1.82) is 0 Å². The molecular formula is C25H34NO4. The number of nitrogens with zero attached hydrogens (tertiary/aromatic N) is 1. The van der Waals surface area contributed by atoms with Crippen LogP contribution in [-0.4, -0.2) is 34.0 Å². The number of phenols is 1. The predicted octanol–water partition coefficient (Wildman–Crippen LogP) is 5.29. The SMILES string of the molecule is CC1(C)CC(OCc2ccc(OCCCc3ccc(O)cc3)cc2)CC(C)(C)N1[O]. The molecule has 2 aromatic rings. The van der Waals surface area contributed by atoms with Crippen molar-refractivity contribution < 1.29 is 19.8 Å². The Bertz CT molecular complexity index is 781. The van der Waals surface area contributed by atoms with Gasteiger partial charge in [0.2, 0.25) is 0 Å². The van der Waals surface area contributed by atoms with Crippen LogP contribution in [0.25, 0.3) is 0 Å². The second-order valence-electron chi connectivity index (χ2n) is 9.52. The highest BCUT2D eigenvalue weighted by molar-refractivity contribution is 5.27. The highest BCUT2D eigenvalue weighted by atomic mass is 16.5. The van der Waals surface area contributed by atoms with Crippen molar-refractivity contribution in [1.82, 2.24) is 5.06 Å². The molecule has 1 fully saturated rings. The summed E-state index contributed by atoms with van der Waals surface area (Å²) in [7, 11) is 0. The van der Waals surface area contributed by atoms with Crippen LogP contribution in [0.5, 0.6) is 11.5 Å². The molecule has 30 heavy (non-hydrogen) atoms. The number of piperidine rings is 1. The molecule has 0 spiro atoms. The number of phenolic OH excluding ortho intramolecular Hbond substituents is 1. The van der Waals surface area contributed by atoms with Gasteiger partial charge in [-0.25, -0.2) is 0 Å². The quantitative estimate of drug-likeness (QED) is 0.599. The number of aromatic hydroxyl groups is 1. The molecule has 0 atom stereocenters. The molecule has 3 rings (SSSR count). The van der Waals surface area contributed by atoms with Crippen LogP contribution in [0.2, 0.25) is 0 Å². The molecule has 0 unspecified atom stereocenters. The van der Waals surface area contributed by atoms with Crippen LogP contribution in [0, 0.1) is 0 Å². The van der Waals surface area contributed by atoms with Crippen LogP contribution in [-0.2, 0) is 23.0 Å². The minimum Gasteiger partial charge on any atom is -0.508 e. The van der Waals surface area contributed by atoms with Gasteiger partial charge < -0.3 is 14.6 Å². The first-order valence-electron chi connectivity index (χ1n) is 10.7. The Hall–Kier alpha value is -2.08. The number of hydrogen-bond donors (Lipinski definition) is 1. The number of aryl methyl sites for hydroxylation is 1. The highest BCUT2D eigenvalue weighted by Crippen LogP contribution is 2.38. The van der Waals surface area contributed by atoms with E-state index < -0.39 is 11.1 Å². The Labute approximate surface area is 180 Å². The molecule has 0 aromatic heterocycles. The molecular weight excluding hydrogens is 378 g/mol. The summed E-state index contributed by atoms with van der Waals surface area (Å²) in [4.78, 5) is 0. The maximum atomic E-state index is 12.5. The lowest BCUT2D eigenvalue weighted by Crippen LogP contribution is -2.59. The number of rotatable bonds is 8. The van der Waals surface area contributed by atoms with E-state index in [1.165, 1.54) is 10.6 Å². The lowest BCUT2D eigenvalue weighted by Gasteiger charge is -2.49. The largest absolute Gasteiger partial charge is 0.508 e. The van der Waals surface area contributed by atoms with E-state index >= 15 is 0 Å². The van der Waals surface area contributed by atoms with Gasteiger partial charge in [-0.05, 0) is 88.8 Å². The number of hydroxylamine groups is 2. The van der Waals surface area contributed by atoms with Gasteiger partial charge in [0.05, 0.1) is 19.3 Å². The number of ether oxygens (including phenoxy) is 2. The topological polar surface area (TPSA) is 61.8 Å². The van der Waals surface area contributed by atoms with Crippen molar-refractivity contribution in [3.05, 3.63) is 59.7 Å². The summed E-state index contributed by atoms with van der Waals surface area (Å²) in [5.74, 6) is 1.15. The van der Waals surface area contributed by atoms with E-state index in [1.54, 1.807) is 12.1 Å². The molecule has 0 bridgehead atoms. The molecule has 5 nitrogen and oxygen atoms in total. The van der Waals surface area contributed by atoms with Gasteiger partial charge in [-0.15, -0.1) is 10.3 Å². The normalized spacial score (nSPS) is 19.0. The van der Waals surface area contributed by atoms with Gasteiger partial charge in [0.15, 0.2) is 0 Å². The summed E-state index contributed by atoms with van der Waals surface area (Å²) in [5, 5.41) is 23.0. The molecule has 0 saturated carbocycles. The lowest BCUT2D eigenvalue weighted by molar-refractivity contribution is -0.301. The molecule has 0 aliphatic carbocycles. The maximum Gasteiger partial charge on any atom is 0.119 e. The molecule has 1 aliphatic heterocycles. The zero-order valence-corrected chi connectivity index (χ0v) is 18.6. The van der Waals surface area contributed by atoms with E-state index in [0.29, 0.717) is 19.0 Å².